The van der Waals surface area contributed by atoms with Gasteiger partial charge in [0.2, 0.25) is 0 Å². The zero-order valence-electron chi connectivity index (χ0n) is 14.1. The summed E-state index contributed by atoms with van der Waals surface area (Å²) in [5, 5.41) is 0. The fourth-order valence-electron chi connectivity index (χ4n) is 3.36. The van der Waals surface area contributed by atoms with Crippen LogP contribution in [0.1, 0.15) is 35.2 Å². The maximum absolute atomic E-state index is 12.7. The van der Waals surface area contributed by atoms with E-state index >= 15 is 0 Å². The van der Waals surface area contributed by atoms with Gasteiger partial charge in [0, 0.05) is 45.5 Å². The number of hydrogen-bond donors (Lipinski definition) is 0. The molecule has 2 aliphatic heterocycles. The van der Waals surface area contributed by atoms with Crippen molar-refractivity contribution in [2.24, 2.45) is 5.92 Å². The van der Waals surface area contributed by atoms with E-state index in [1.165, 1.54) is 6.42 Å². The van der Waals surface area contributed by atoms with Crippen LogP contribution in [0.2, 0.25) is 0 Å². The summed E-state index contributed by atoms with van der Waals surface area (Å²) in [6.45, 7) is 10.2. The van der Waals surface area contributed by atoms with E-state index < -0.39 is 0 Å². The predicted molar refractivity (Wildman–Crippen MR) is 87.4 cm³/mol. The Morgan fingerprint density at radius 2 is 2.13 bits per heavy atom. The van der Waals surface area contributed by atoms with Gasteiger partial charge < -0.3 is 9.64 Å². The third-order valence-corrected chi connectivity index (χ3v) is 4.75. The zero-order chi connectivity index (χ0) is 16.2. The number of amides is 1. The minimum Gasteiger partial charge on any atom is -0.381 e. The van der Waals surface area contributed by atoms with Crippen molar-refractivity contribution in [3.63, 3.8) is 0 Å². The molecule has 0 radical (unpaired) electrons. The molecule has 2 aliphatic rings. The second-order valence-corrected chi connectivity index (χ2v) is 6.45. The molecule has 0 N–H and O–H groups in total. The Morgan fingerprint density at radius 3 is 2.78 bits per heavy atom. The molecule has 126 valence electrons. The van der Waals surface area contributed by atoms with E-state index in [0.717, 1.165) is 63.9 Å². The molecule has 3 heterocycles. The van der Waals surface area contributed by atoms with Crippen LogP contribution < -0.4 is 0 Å². The van der Waals surface area contributed by atoms with Crippen LogP contribution in [0.25, 0.3) is 0 Å². The van der Waals surface area contributed by atoms with Crippen molar-refractivity contribution < 1.29 is 9.53 Å². The van der Waals surface area contributed by atoms with Gasteiger partial charge in [0.25, 0.3) is 5.91 Å². The van der Waals surface area contributed by atoms with E-state index in [-0.39, 0.29) is 5.91 Å². The van der Waals surface area contributed by atoms with Gasteiger partial charge in [-0.15, -0.1) is 0 Å². The Morgan fingerprint density at radius 1 is 1.35 bits per heavy atom. The van der Waals surface area contributed by atoms with Gasteiger partial charge >= 0.3 is 0 Å². The van der Waals surface area contributed by atoms with E-state index in [0.29, 0.717) is 11.5 Å². The summed E-state index contributed by atoms with van der Waals surface area (Å²) in [7, 11) is 0. The maximum atomic E-state index is 12.7. The average Bonchev–Trinajstić information content (AvgIpc) is 3.08. The smallest absolute Gasteiger partial charge is 0.257 e. The van der Waals surface area contributed by atoms with E-state index in [1.54, 1.807) is 6.20 Å². The van der Waals surface area contributed by atoms with Gasteiger partial charge in [-0.25, -0.2) is 9.97 Å². The molecule has 1 unspecified atom stereocenters. The van der Waals surface area contributed by atoms with Crippen molar-refractivity contribution in [3.05, 3.63) is 23.3 Å². The van der Waals surface area contributed by atoms with Crippen LogP contribution in [-0.4, -0.2) is 71.6 Å². The molecular weight excluding hydrogens is 292 g/mol. The van der Waals surface area contributed by atoms with Crippen LogP contribution in [0.4, 0.5) is 0 Å². The number of aryl methyl sites for hydroxylation is 2. The van der Waals surface area contributed by atoms with Crippen molar-refractivity contribution in [1.82, 2.24) is 19.8 Å². The number of nitrogens with zero attached hydrogens (tertiary/aromatic N) is 4. The van der Waals surface area contributed by atoms with E-state index in [1.807, 2.05) is 18.7 Å². The van der Waals surface area contributed by atoms with Crippen molar-refractivity contribution in [3.8, 4) is 0 Å². The molecule has 1 atom stereocenters. The summed E-state index contributed by atoms with van der Waals surface area (Å²) in [6.07, 6.45) is 3.61. The molecule has 3 rings (SSSR count). The summed E-state index contributed by atoms with van der Waals surface area (Å²) in [5.41, 5.74) is 1.52. The highest BCUT2D eigenvalue weighted by Crippen LogP contribution is 2.16. The Bertz CT molecular complexity index is 550. The average molecular weight is 318 g/mol. The summed E-state index contributed by atoms with van der Waals surface area (Å²) in [4.78, 5) is 25.8. The Balaban J connectivity index is 1.57. The highest BCUT2D eigenvalue weighted by molar-refractivity contribution is 5.95. The van der Waals surface area contributed by atoms with E-state index in [9.17, 15) is 4.79 Å². The van der Waals surface area contributed by atoms with Crippen LogP contribution in [0, 0.1) is 12.8 Å². The minimum atomic E-state index is 0.0747. The Hall–Kier alpha value is -1.53. The standard InChI is InChI=1S/C17H26N4O2/c1-3-16-15(10-18-13(2)19-16)17(22)21-7-5-20(6-8-21)11-14-4-9-23-12-14/h10,14H,3-9,11-12H2,1-2H3. The van der Waals surface area contributed by atoms with Gasteiger partial charge in [0.1, 0.15) is 5.82 Å². The molecule has 1 amide bonds. The third kappa shape index (κ3) is 3.87. The van der Waals surface area contributed by atoms with Gasteiger partial charge in [-0.3, -0.25) is 9.69 Å². The lowest BCUT2D eigenvalue weighted by molar-refractivity contribution is 0.0609. The highest BCUT2D eigenvalue weighted by Gasteiger charge is 2.26. The molecule has 6 heteroatoms. The Labute approximate surface area is 137 Å². The molecule has 6 nitrogen and oxygen atoms in total. The Kier molecular flexibility index (Phi) is 5.23. The van der Waals surface area contributed by atoms with Crippen molar-refractivity contribution in [2.75, 3.05) is 45.9 Å². The van der Waals surface area contributed by atoms with Gasteiger partial charge in [-0.2, -0.15) is 0 Å². The SMILES string of the molecule is CCc1nc(C)ncc1C(=O)N1CCN(CC2CCOC2)CC1. The van der Waals surface area contributed by atoms with Crippen LogP contribution in [-0.2, 0) is 11.2 Å². The normalized spacial score (nSPS) is 22.5. The first-order valence-electron chi connectivity index (χ1n) is 8.59. The number of piperazine rings is 1. The predicted octanol–water partition coefficient (Wildman–Crippen LogP) is 1.14. The minimum absolute atomic E-state index is 0.0747. The van der Waals surface area contributed by atoms with Crippen LogP contribution in [0.5, 0.6) is 0 Å². The van der Waals surface area contributed by atoms with Gasteiger partial charge in [0.15, 0.2) is 0 Å². The van der Waals surface area contributed by atoms with E-state index in [4.69, 9.17) is 4.74 Å². The molecule has 23 heavy (non-hydrogen) atoms. The number of carbonyl (C=O) groups excluding carboxylic acids is 1. The quantitative estimate of drug-likeness (QED) is 0.833. The van der Waals surface area contributed by atoms with Crippen LogP contribution in [0.3, 0.4) is 0 Å². The maximum Gasteiger partial charge on any atom is 0.257 e. The summed E-state index contributed by atoms with van der Waals surface area (Å²) >= 11 is 0. The summed E-state index contributed by atoms with van der Waals surface area (Å²) in [6, 6.07) is 0. The second-order valence-electron chi connectivity index (χ2n) is 6.45. The molecule has 0 saturated carbocycles. The van der Waals surface area contributed by atoms with E-state index in [2.05, 4.69) is 14.9 Å². The molecular formula is C17H26N4O2. The zero-order valence-corrected chi connectivity index (χ0v) is 14.1. The largest absolute Gasteiger partial charge is 0.381 e. The van der Waals surface area contributed by atoms with Crippen LogP contribution in [0.15, 0.2) is 6.20 Å². The van der Waals surface area contributed by atoms with Crippen molar-refractivity contribution in [2.45, 2.75) is 26.7 Å². The number of rotatable bonds is 4. The first-order valence-corrected chi connectivity index (χ1v) is 8.59. The molecule has 2 saturated heterocycles. The molecule has 0 aliphatic carbocycles. The first kappa shape index (κ1) is 16.3. The van der Waals surface area contributed by atoms with Crippen LogP contribution >= 0.6 is 0 Å². The molecule has 0 bridgehead atoms. The number of ether oxygens (including phenoxy) is 1. The van der Waals surface area contributed by atoms with Gasteiger partial charge in [0.05, 0.1) is 17.9 Å². The third-order valence-electron chi connectivity index (χ3n) is 4.75. The number of hydrogen-bond acceptors (Lipinski definition) is 5. The molecule has 2 fully saturated rings. The summed E-state index contributed by atoms with van der Waals surface area (Å²) in [5.74, 6) is 1.46. The lowest BCUT2D eigenvalue weighted by Gasteiger charge is -2.35. The number of carbonyl (C=O) groups is 1. The molecule has 1 aromatic rings. The fraction of sp³-hybridized carbons (Fsp3) is 0.706. The van der Waals surface area contributed by atoms with Gasteiger partial charge in [-0.05, 0) is 25.7 Å². The molecule has 0 aromatic carbocycles. The summed E-state index contributed by atoms with van der Waals surface area (Å²) < 4.78 is 5.45. The number of aromatic nitrogens is 2. The monoisotopic (exact) mass is 318 g/mol. The molecule has 0 spiro atoms. The highest BCUT2D eigenvalue weighted by atomic mass is 16.5. The lowest BCUT2D eigenvalue weighted by Crippen LogP contribution is -2.50. The molecule has 1 aromatic heterocycles. The van der Waals surface area contributed by atoms with Gasteiger partial charge in [-0.1, -0.05) is 6.92 Å². The van der Waals surface area contributed by atoms with Crippen molar-refractivity contribution in [1.29, 1.82) is 0 Å². The topological polar surface area (TPSA) is 58.6 Å². The lowest BCUT2D eigenvalue weighted by atomic mass is 10.1. The first-order chi connectivity index (χ1) is 11.2. The second kappa shape index (κ2) is 7.36. The van der Waals surface area contributed by atoms with Crippen molar-refractivity contribution >= 4 is 5.91 Å². The fourth-order valence-corrected chi connectivity index (χ4v) is 3.36.